The van der Waals surface area contributed by atoms with Crippen molar-refractivity contribution in [2.24, 2.45) is 4.99 Å². The predicted molar refractivity (Wildman–Crippen MR) is 41.3 cm³/mol. The Kier molecular flexibility index (Phi) is 3.99. The van der Waals surface area contributed by atoms with Crippen LogP contribution in [0.5, 0.6) is 0 Å². The minimum atomic E-state index is -3.45. The van der Waals surface area contributed by atoms with Crippen molar-refractivity contribution in [1.29, 1.82) is 0 Å². The summed E-state index contributed by atoms with van der Waals surface area (Å²) in [6, 6.07) is 0. The molecule has 70 valence electrons. The Morgan fingerprint density at radius 1 is 1.75 bits per heavy atom. The van der Waals surface area contributed by atoms with Crippen LogP contribution < -0.4 is 0 Å². The third-order valence-corrected chi connectivity index (χ3v) is 1.40. The van der Waals surface area contributed by atoms with Crippen LogP contribution in [0.1, 0.15) is 6.92 Å². The van der Waals surface area contributed by atoms with Crippen LogP contribution in [0.25, 0.3) is 0 Å². The molecule has 0 saturated heterocycles. The number of halogens is 2. The quantitative estimate of drug-likeness (QED) is 0.620. The highest BCUT2D eigenvalue weighted by molar-refractivity contribution is 5.27. The van der Waals surface area contributed by atoms with Gasteiger partial charge in [0.2, 0.25) is 0 Å². The molecule has 12 heavy (non-hydrogen) atoms. The summed E-state index contributed by atoms with van der Waals surface area (Å²) in [5.74, 6) is -3.45. The molecule has 0 amide bonds. The molecule has 2 N–H and O–H groups in total. The standard InChI is InChI=1S/C7H11F2NO2/c1-5(3-10-2)7(8,9)6(12)4-11/h3,6,11-12H,2,4H2,1H3/b5-3+/t6-/m0/s1. The van der Waals surface area contributed by atoms with Gasteiger partial charge in [-0.05, 0) is 13.6 Å². The molecule has 0 heterocycles. The summed E-state index contributed by atoms with van der Waals surface area (Å²) >= 11 is 0. The van der Waals surface area contributed by atoms with E-state index in [1.165, 1.54) is 0 Å². The van der Waals surface area contributed by atoms with Gasteiger partial charge in [-0.1, -0.05) is 0 Å². The summed E-state index contributed by atoms with van der Waals surface area (Å²) in [7, 11) is 0. The van der Waals surface area contributed by atoms with Crippen molar-refractivity contribution >= 4 is 6.72 Å². The lowest BCUT2D eigenvalue weighted by Crippen LogP contribution is -2.37. The molecule has 3 nitrogen and oxygen atoms in total. The Labute approximate surface area is 69.1 Å². The van der Waals surface area contributed by atoms with Gasteiger partial charge in [-0.3, -0.25) is 4.99 Å². The summed E-state index contributed by atoms with van der Waals surface area (Å²) in [5.41, 5.74) is -0.431. The number of rotatable bonds is 4. The molecule has 0 fully saturated rings. The van der Waals surface area contributed by atoms with Crippen LogP contribution in [0.15, 0.2) is 16.8 Å². The lowest BCUT2D eigenvalue weighted by Gasteiger charge is -2.20. The predicted octanol–water partition coefficient (Wildman–Crippen LogP) is 0.579. The Hall–Kier alpha value is -0.810. The van der Waals surface area contributed by atoms with Crippen LogP contribution in [-0.2, 0) is 0 Å². The molecule has 0 rings (SSSR count). The smallest absolute Gasteiger partial charge is 0.298 e. The molecule has 1 atom stereocenters. The molecule has 0 radical (unpaired) electrons. The zero-order valence-electron chi connectivity index (χ0n) is 6.67. The first-order valence-electron chi connectivity index (χ1n) is 3.26. The van der Waals surface area contributed by atoms with Gasteiger partial charge in [-0.25, -0.2) is 0 Å². The number of aliphatic hydroxyl groups is 2. The molecule has 5 heteroatoms. The summed E-state index contributed by atoms with van der Waals surface area (Å²) in [4.78, 5) is 3.13. The molecule has 0 saturated carbocycles. The summed E-state index contributed by atoms with van der Waals surface area (Å²) in [6.07, 6.45) is -1.24. The fourth-order valence-corrected chi connectivity index (χ4v) is 0.600. The maximum atomic E-state index is 12.8. The van der Waals surface area contributed by atoms with Crippen molar-refractivity contribution in [3.63, 3.8) is 0 Å². The van der Waals surface area contributed by atoms with Crippen molar-refractivity contribution < 1.29 is 19.0 Å². The number of hydrogen-bond donors (Lipinski definition) is 2. The Morgan fingerprint density at radius 2 is 2.25 bits per heavy atom. The second kappa shape index (κ2) is 4.27. The topological polar surface area (TPSA) is 52.8 Å². The van der Waals surface area contributed by atoms with E-state index in [0.29, 0.717) is 0 Å². The monoisotopic (exact) mass is 179 g/mol. The maximum absolute atomic E-state index is 12.8. The van der Waals surface area contributed by atoms with E-state index in [1.54, 1.807) is 0 Å². The van der Waals surface area contributed by atoms with Crippen LogP contribution in [0.4, 0.5) is 8.78 Å². The van der Waals surface area contributed by atoms with Gasteiger partial charge in [0.05, 0.1) is 6.61 Å². The van der Waals surface area contributed by atoms with Gasteiger partial charge in [-0.2, -0.15) is 8.78 Å². The zero-order valence-corrected chi connectivity index (χ0v) is 6.67. The minimum Gasteiger partial charge on any atom is -0.393 e. The second-order valence-corrected chi connectivity index (χ2v) is 2.32. The summed E-state index contributed by atoms with van der Waals surface area (Å²) in [5, 5.41) is 17.0. The average Bonchev–Trinajstić information content (AvgIpc) is 2.03. The number of aliphatic hydroxyl groups excluding tert-OH is 2. The van der Waals surface area contributed by atoms with Gasteiger partial charge in [0.25, 0.3) is 5.92 Å². The number of alkyl halides is 2. The van der Waals surface area contributed by atoms with Crippen LogP contribution in [-0.4, -0.2) is 35.6 Å². The first kappa shape index (κ1) is 11.2. The minimum absolute atomic E-state index is 0.431. The van der Waals surface area contributed by atoms with E-state index in [1.807, 2.05) is 0 Å². The Bertz CT molecular complexity index is 192. The van der Waals surface area contributed by atoms with E-state index in [-0.39, 0.29) is 0 Å². The van der Waals surface area contributed by atoms with Crippen molar-refractivity contribution in [2.45, 2.75) is 19.0 Å². The molecule has 0 aliphatic carbocycles. The third kappa shape index (κ3) is 2.35. The van der Waals surface area contributed by atoms with Crippen LogP contribution in [0.2, 0.25) is 0 Å². The van der Waals surface area contributed by atoms with Crippen molar-refractivity contribution in [3.05, 3.63) is 11.8 Å². The maximum Gasteiger partial charge on any atom is 0.298 e. The van der Waals surface area contributed by atoms with E-state index in [0.717, 1.165) is 13.1 Å². The number of aliphatic imine (C=N–C) groups is 1. The van der Waals surface area contributed by atoms with E-state index in [9.17, 15) is 8.78 Å². The first-order chi connectivity index (χ1) is 5.46. The SMILES string of the molecule is C=N/C=C(\C)C(F)(F)[C@@H](O)CO. The highest BCUT2D eigenvalue weighted by Gasteiger charge is 2.39. The molecular formula is C7H11F2NO2. The molecule has 0 unspecified atom stereocenters. The average molecular weight is 179 g/mol. The van der Waals surface area contributed by atoms with Crippen molar-refractivity contribution in [1.82, 2.24) is 0 Å². The van der Waals surface area contributed by atoms with Crippen molar-refractivity contribution in [2.75, 3.05) is 6.61 Å². The highest BCUT2D eigenvalue weighted by Crippen LogP contribution is 2.27. The van der Waals surface area contributed by atoms with Crippen LogP contribution in [0, 0.1) is 0 Å². The first-order valence-corrected chi connectivity index (χ1v) is 3.26. The van der Waals surface area contributed by atoms with Gasteiger partial charge >= 0.3 is 0 Å². The normalized spacial score (nSPS) is 15.9. The molecule has 0 aliphatic rings. The van der Waals surface area contributed by atoms with Gasteiger partial charge in [0.15, 0.2) is 0 Å². The molecule has 0 aromatic carbocycles. The van der Waals surface area contributed by atoms with E-state index in [4.69, 9.17) is 10.2 Å². The fraction of sp³-hybridized carbons (Fsp3) is 0.571. The van der Waals surface area contributed by atoms with Gasteiger partial charge in [0, 0.05) is 11.8 Å². The molecule has 0 bridgehead atoms. The molecule has 0 spiro atoms. The van der Waals surface area contributed by atoms with E-state index >= 15 is 0 Å². The van der Waals surface area contributed by atoms with Crippen LogP contribution >= 0.6 is 0 Å². The lowest BCUT2D eigenvalue weighted by molar-refractivity contribution is -0.0978. The van der Waals surface area contributed by atoms with Gasteiger partial charge in [-0.15, -0.1) is 0 Å². The number of hydrogen-bond acceptors (Lipinski definition) is 3. The van der Waals surface area contributed by atoms with Gasteiger partial charge in [0.1, 0.15) is 6.10 Å². The summed E-state index contributed by atoms with van der Waals surface area (Å²) < 4.78 is 25.7. The fourth-order valence-electron chi connectivity index (χ4n) is 0.600. The lowest BCUT2D eigenvalue weighted by atomic mass is 10.1. The largest absolute Gasteiger partial charge is 0.393 e. The summed E-state index contributed by atoms with van der Waals surface area (Å²) in [6.45, 7) is 3.11. The molecule has 0 aromatic rings. The van der Waals surface area contributed by atoms with Crippen LogP contribution in [0.3, 0.4) is 0 Å². The number of nitrogens with zero attached hydrogens (tertiary/aromatic N) is 1. The zero-order chi connectivity index (χ0) is 9.78. The molecule has 0 aromatic heterocycles. The molecule has 0 aliphatic heterocycles. The van der Waals surface area contributed by atoms with E-state index < -0.39 is 24.2 Å². The van der Waals surface area contributed by atoms with E-state index in [2.05, 4.69) is 11.7 Å². The highest BCUT2D eigenvalue weighted by atomic mass is 19.3. The third-order valence-electron chi connectivity index (χ3n) is 1.40. The molecular weight excluding hydrogens is 168 g/mol. The van der Waals surface area contributed by atoms with Crippen molar-refractivity contribution in [3.8, 4) is 0 Å². The Morgan fingerprint density at radius 3 is 2.58 bits per heavy atom. The Balaban J connectivity index is 4.58. The second-order valence-electron chi connectivity index (χ2n) is 2.32. The van der Waals surface area contributed by atoms with Gasteiger partial charge < -0.3 is 10.2 Å².